The van der Waals surface area contributed by atoms with E-state index in [1.165, 1.54) is 23.9 Å². The fourth-order valence-corrected chi connectivity index (χ4v) is 3.86. The van der Waals surface area contributed by atoms with Gasteiger partial charge in [0.25, 0.3) is 11.8 Å². The molecule has 164 valence electrons. The van der Waals surface area contributed by atoms with Crippen molar-refractivity contribution in [1.82, 2.24) is 5.06 Å². The van der Waals surface area contributed by atoms with Crippen molar-refractivity contribution in [3.05, 3.63) is 64.1 Å². The summed E-state index contributed by atoms with van der Waals surface area (Å²) in [6.07, 6.45) is -6.61. The van der Waals surface area contributed by atoms with Crippen molar-refractivity contribution < 1.29 is 37.1 Å². The Labute approximate surface area is 187 Å². The number of nitrogens with zero attached hydrogens (tertiary/aromatic N) is 1. The summed E-state index contributed by atoms with van der Waals surface area (Å²) in [5, 5.41) is 0.379. The zero-order chi connectivity index (χ0) is 22.6. The van der Waals surface area contributed by atoms with Crippen LogP contribution in [-0.2, 0) is 25.3 Å². The average Bonchev–Trinajstić information content (AvgIpc) is 3.03. The number of carbonyl (C=O) groups excluding carboxylic acids is 3. The van der Waals surface area contributed by atoms with Crippen LogP contribution in [0.15, 0.2) is 57.9 Å². The van der Waals surface area contributed by atoms with E-state index in [9.17, 15) is 27.6 Å². The number of amides is 2. The first-order valence-corrected chi connectivity index (χ1v) is 10.7. The van der Waals surface area contributed by atoms with Crippen molar-refractivity contribution in [1.29, 1.82) is 0 Å². The SMILES string of the molecule is O=C(OC(CSc1ccc(C(F)(F)F)cc1)c1ccc(Br)cc1)ON1C(=O)CCC1=O. The quantitative estimate of drug-likeness (QED) is 0.285. The van der Waals surface area contributed by atoms with E-state index in [0.717, 1.165) is 16.6 Å². The molecule has 1 atom stereocenters. The van der Waals surface area contributed by atoms with E-state index >= 15 is 0 Å². The summed E-state index contributed by atoms with van der Waals surface area (Å²) in [5.74, 6) is -1.12. The highest BCUT2D eigenvalue weighted by atomic mass is 79.9. The topological polar surface area (TPSA) is 72.9 Å². The first-order chi connectivity index (χ1) is 14.6. The maximum atomic E-state index is 12.7. The first kappa shape index (κ1) is 23.1. The maximum Gasteiger partial charge on any atom is 0.534 e. The normalized spacial score (nSPS) is 15.2. The molecule has 2 aromatic carbocycles. The van der Waals surface area contributed by atoms with Crippen molar-refractivity contribution in [3.63, 3.8) is 0 Å². The minimum absolute atomic E-state index is 0.0496. The molecule has 1 unspecified atom stereocenters. The number of benzene rings is 2. The standard InChI is InChI=1S/C20H15BrF3NO5S/c21-14-5-1-12(2-6-14)16(29-19(28)30-25-17(26)9-10-18(25)27)11-31-15-7-3-13(4-8-15)20(22,23)24/h1-8,16H,9-11H2. The first-order valence-electron chi connectivity index (χ1n) is 8.93. The van der Waals surface area contributed by atoms with Gasteiger partial charge in [-0.3, -0.25) is 14.4 Å². The van der Waals surface area contributed by atoms with Crippen molar-refractivity contribution >= 4 is 45.7 Å². The molecule has 1 aliphatic rings. The lowest BCUT2D eigenvalue weighted by Gasteiger charge is -2.19. The van der Waals surface area contributed by atoms with Crippen LogP contribution in [0.5, 0.6) is 0 Å². The van der Waals surface area contributed by atoms with Crippen LogP contribution >= 0.6 is 27.7 Å². The van der Waals surface area contributed by atoms with Gasteiger partial charge in [-0.2, -0.15) is 13.2 Å². The summed E-state index contributed by atoms with van der Waals surface area (Å²) in [4.78, 5) is 40.7. The van der Waals surface area contributed by atoms with E-state index in [-0.39, 0.29) is 18.6 Å². The molecule has 2 aromatic rings. The zero-order valence-corrected chi connectivity index (χ0v) is 18.1. The number of hydrogen-bond acceptors (Lipinski definition) is 6. The third-order valence-electron chi connectivity index (χ3n) is 4.23. The average molecular weight is 518 g/mol. The summed E-state index contributed by atoms with van der Waals surface area (Å²) in [5.41, 5.74) is -0.167. The zero-order valence-electron chi connectivity index (χ0n) is 15.7. The molecule has 0 radical (unpaired) electrons. The number of alkyl halides is 3. The second kappa shape index (κ2) is 9.73. The molecule has 6 nitrogen and oxygen atoms in total. The fourth-order valence-electron chi connectivity index (χ4n) is 2.66. The summed E-state index contributed by atoms with van der Waals surface area (Å²) < 4.78 is 44.3. The van der Waals surface area contributed by atoms with Gasteiger partial charge in [0, 0.05) is 28.0 Å². The van der Waals surface area contributed by atoms with Crippen molar-refractivity contribution in [2.45, 2.75) is 30.0 Å². The van der Waals surface area contributed by atoms with Crippen molar-refractivity contribution in [2.24, 2.45) is 0 Å². The number of thioether (sulfide) groups is 1. The van der Waals surface area contributed by atoms with E-state index in [4.69, 9.17) is 9.57 Å². The van der Waals surface area contributed by atoms with Crippen LogP contribution in [0.3, 0.4) is 0 Å². The Kier molecular flexibility index (Phi) is 7.26. The van der Waals surface area contributed by atoms with Crippen molar-refractivity contribution in [3.8, 4) is 0 Å². The largest absolute Gasteiger partial charge is 0.534 e. The van der Waals surface area contributed by atoms with E-state index in [1.54, 1.807) is 24.3 Å². The van der Waals surface area contributed by atoms with Gasteiger partial charge in [0.05, 0.1) is 5.56 Å². The minimum Gasteiger partial charge on any atom is -0.424 e. The molecule has 1 aliphatic heterocycles. The van der Waals surface area contributed by atoms with Crippen LogP contribution < -0.4 is 0 Å². The van der Waals surface area contributed by atoms with Crippen LogP contribution in [0.4, 0.5) is 18.0 Å². The lowest BCUT2D eigenvalue weighted by atomic mass is 10.1. The van der Waals surface area contributed by atoms with Gasteiger partial charge in [-0.1, -0.05) is 33.1 Å². The molecule has 0 aliphatic carbocycles. The minimum atomic E-state index is -4.43. The Morgan fingerprint density at radius 1 is 1.03 bits per heavy atom. The predicted molar refractivity (Wildman–Crippen MR) is 108 cm³/mol. The van der Waals surface area contributed by atoms with Crippen LogP contribution in [-0.4, -0.2) is 28.8 Å². The third kappa shape index (κ3) is 6.23. The number of ether oxygens (including phenoxy) is 1. The number of hydroxylamine groups is 2. The third-order valence-corrected chi connectivity index (χ3v) is 5.84. The molecule has 31 heavy (non-hydrogen) atoms. The van der Waals surface area contributed by atoms with E-state index in [0.29, 0.717) is 15.5 Å². The molecular weight excluding hydrogens is 503 g/mol. The lowest BCUT2D eigenvalue weighted by Crippen LogP contribution is -2.33. The number of hydrogen-bond donors (Lipinski definition) is 0. The van der Waals surface area contributed by atoms with Gasteiger partial charge in [0.2, 0.25) is 0 Å². The van der Waals surface area contributed by atoms with E-state index in [2.05, 4.69) is 15.9 Å². The van der Waals surface area contributed by atoms with Gasteiger partial charge in [-0.25, -0.2) is 4.79 Å². The van der Waals surface area contributed by atoms with Crippen LogP contribution in [0.1, 0.15) is 30.1 Å². The molecule has 0 aromatic heterocycles. The second-order valence-corrected chi connectivity index (χ2v) is 8.42. The Bertz CT molecular complexity index is 950. The molecule has 2 amide bonds. The number of imide groups is 1. The molecule has 11 heteroatoms. The lowest BCUT2D eigenvalue weighted by molar-refractivity contribution is -0.178. The van der Waals surface area contributed by atoms with Gasteiger partial charge in [0.1, 0.15) is 6.10 Å². The molecular formula is C20H15BrF3NO5S. The Morgan fingerprint density at radius 3 is 2.16 bits per heavy atom. The summed E-state index contributed by atoms with van der Waals surface area (Å²) >= 11 is 4.48. The Balaban J connectivity index is 1.69. The van der Waals surface area contributed by atoms with Gasteiger partial charge in [-0.15, -0.1) is 11.8 Å². The Morgan fingerprint density at radius 2 is 1.61 bits per heavy atom. The summed E-state index contributed by atoms with van der Waals surface area (Å²) in [7, 11) is 0. The predicted octanol–water partition coefficient (Wildman–Crippen LogP) is 5.52. The highest BCUT2D eigenvalue weighted by Gasteiger charge is 2.34. The highest BCUT2D eigenvalue weighted by Crippen LogP contribution is 2.33. The molecule has 1 fully saturated rings. The van der Waals surface area contributed by atoms with Crippen LogP contribution in [0, 0.1) is 0 Å². The molecule has 3 rings (SSSR count). The van der Waals surface area contributed by atoms with Crippen LogP contribution in [0.25, 0.3) is 0 Å². The molecule has 0 bridgehead atoms. The number of halogens is 4. The van der Waals surface area contributed by atoms with Crippen LogP contribution in [0.2, 0.25) is 0 Å². The highest BCUT2D eigenvalue weighted by molar-refractivity contribution is 9.10. The molecule has 0 N–H and O–H groups in total. The van der Waals surface area contributed by atoms with E-state index in [1.807, 2.05) is 0 Å². The number of carbonyl (C=O) groups is 3. The van der Waals surface area contributed by atoms with Crippen molar-refractivity contribution in [2.75, 3.05) is 5.75 Å². The molecule has 0 saturated carbocycles. The van der Waals surface area contributed by atoms with Gasteiger partial charge in [-0.05, 0) is 42.0 Å². The summed E-state index contributed by atoms with van der Waals surface area (Å²) in [6.45, 7) is 0. The summed E-state index contributed by atoms with van der Waals surface area (Å²) in [6, 6.07) is 11.4. The molecule has 1 heterocycles. The number of rotatable bonds is 6. The molecule has 0 spiro atoms. The monoisotopic (exact) mass is 517 g/mol. The maximum absolute atomic E-state index is 12.7. The Hall–Kier alpha value is -2.53. The van der Waals surface area contributed by atoms with Gasteiger partial charge < -0.3 is 4.74 Å². The van der Waals surface area contributed by atoms with Gasteiger partial charge >= 0.3 is 12.3 Å². The molecule has 1 saturated heterocycles. The fraction of sp³-hybridized carbons (Fsp3) is 0.250. The smallest absolute Gasteiger partial charge is 0.424 e. The second-order valence-electron chi connectivity index (χ2n) is 6.41. The van der Waals surface area contributed by atoms with Gasteiger partial charge in [0.15, 0.2) is 0 Å². The van der Waals surface area contributed by atoms with E-state index < -0.39 is 35.8 Å².